The van der Waals surface area contributed by atoms with Crippen molar-refractivity contribution >= 4 is 22.7 Å². The molecule has 0 amide bonds. The SMILES string of the molecule is Cc1ccccc1Sc1cc(=O)oc2ccc(O)cc12. The van der Waals surface area contributed by atoms with Crippen LogP contribution in [0.25, 0.3) is 11.0 Å². The Bertz CT molecular complexity index is 836. The molecular weight excluding hydrogens is 272 g/mol. The highest BCUT2D eigenvalue weighted by molar-refractivity contribution is 7.99. The zero-order valence-corrected chi connectivity index (χ0v) is 11.6. The van der Waals surface area contributed by atoms with Gasteiger partial charge in [-0.3, -0.25) is 0 Å². The fourth-order valence-corrected chi connectivity index (χ4v) is 3.03. The highest BCUT2D eigenvalue weighted by Gasteiger charge is 2.09. The molecule has 3 nitrogen and oxygen atoms in total. The number of benzene rings is 2. The summed E-state index contributed by atoms with van der Waals surface area (Å²) in [7, 11) is 0. The number of hydrogen-bond donors (Lipinski definition) is 1. The molecule has 2 aromatic carbocycles. The van der Waals surface area contributed by atoms with Crippen molar-refractivity contribution in [3.8, 4) is 5.75 Å². The second-order valence-electron chi connectivity index (χ2n) is 4.48. The lowest BCUT2D eigenvalue weighted by Gasteiger charge is -2.07. The first-order chi connectivity index (χ1) is 9.63. The Morgan fingerprint density at radius 1 is 1.05 bits per heavy atom. The van der Waals surface area contributed by atoms with Gasteiger partial charge in [0, 0.05) is 21.2 Å². The van der Waals surface area contributed by atoms with Crippen molar-refractivity contribution in [2.24, 2.45) is 0 Å². The number of hydrogen-bond acceptors (Lipinski definition) is 4. The average molecular weight is 284 g/mol. The van der Waals surface area contributed by atoms with Gasteiger partial charge in [-0.25, -0.2) is 4.79 Å². The predicted molar refractivity (Wildman–Crippen MR) is 79.5 cm³/mol. The van der Waals surface area contributed by atoms with Gasteiger partial charge in [0.2, 0.25) is 0 Å². The minimum absolute atomic E-state index is 0.151. The highest BCUT2D eigenvalue weighted by Crippen LogP contribution is 2.35. The first kappa shape index (κ1) is 12.8. The minimum atomic E-state index is -0.390. The van der Waals surface area contributed by atoms with E-state index in [2.05, 4.69) is 0 Å². The van der Waals surface area contributed by atoms with Crippen LogP contribution in [-0.2, 0) is 0 Å². The van der Waals surface area contributed by atoms with Gasteiger partial charge >= 0.3 is 5.63 Å². The van der Waals surface area contributed by atoms with Crippen molar-refractivity contribution in [3.05, 3.63) is 64.5 Å². The topological polar surface area (TPSA) is 50.4 Å². The largest absolute Gasteiger partial charge is 0.508 e. The summed E-state index contributed by atoms with van der Waals surface area (Å²) in [5.74, 6) is 0.151. The van der Waals surface area contributed by atoms with Gasteiger partial charge in [0.25, 0.3) is 0 Å². The fourth-order valence-electron chi connectivity index (χ4n) is 2.00. The predicted octanol–water partition coefficient (Wildman–Crippen LogP) is 3.96. The number of fused-ring (bicyclic) bond motifs is 1. The van der Waals surface area contributed by atoms with E-state index in [9.17, 15) is 9.90 Å². The monoisotopic (exact) mass is 284 g/mol. The summed E-state index contributed by atoms with van der Waals surface area (Å²) >= 11 is 1.50. The molecule has 1 aromatic heterocycles. The molecule has 0 fully saturated rings. The van der Waals surface area contributed by atoms with Gasteiger partial charge in [-0.05, 0) is 36.8 Å². The second-order valence-corrected chi connectivity index (χ2v) is 5.56. The number of phenolic OH excluding ortho intramolecular Hbond substituents is 1. The fraction of sp³-hybridized carbons (Fsp3) is 0.0625. The standard InChI is InChI=1S/C16H12O3S/c1-10-4-2-3-5-14(10)20-15-9-16(18)19-13-7-6-11(17)8-12(13)15/h2-9,17H,1H3. The van der Waals surface area contributed by atoms with E-state index in [1.807, 2.05) is 31.2 Å². The third-order valence-electron chi connectivity index (χ3n) is 3.00. The summed E-state index contributed by atoms with van der Waals surface area (Å²) in [4.78, 5) is 13.5. The van der Waals surface area contributed by atoms with Gasteiger partial charge in [-0.1, -0.05) is 30.0 Å². The molecule has 0 atom stereocenters. The van der Waals surface area contributed by atoms with Crippen LogP contribution >= 0.6 is 11.8 Å². The zero-order valence-electron chi connectivity index (χ0n) is 10.8. The first-order valence-electron chi connectivity index (χ1n) is 6.14. The van der Waals surface area contributed by atoms with Crippen molar-refractivity contribution in [3.63, 3.8) is 0 Å². The summed E-state index contributed by atoms with van der Waals surface area (Å²) in [5, 5.41) is 10.3. The number of rotatable bonds is 2. The molecular formula is C16H12O3S. The molecule has 4 heteroatoms. The molecule has 0 bridgehead atoms. The number of phenols is 1. The van der Waals surface area contributed by atoms with Crippen LogP contribution in [0.3, 0.4) is 0 Å². The van der Waals surface area contributed by atoms with E-state index >= 15 is 0 Å². The second kappa shape index (κ2) is 5.06. The maximum Gasteiger partial charge on any atom is 0.337 e. The molecule has 0 saturated carbocycles. The minimum Gasteiger partial charge on any atom is -0.508 e. The van der Waals surface area contributed by atoms with E-state index in [0.717, 1.165) is 20.7 Å². The molecule has 0 aliphatic carbocycles. The molecule has 0 saturated heterocycles. The Balaban J connectivity index is 2.18. The summed E-state index contributed by atoms with van der Waals surface area (Å²) < 4.78 is 5.15. The van der Waals surface area contributed by atoms with Crippen LogP contribution in [0.15, 0.2) is 67.5 Å². The van der Waals surface area contributed by atoms with Gasteiger partial charge < -0.3 is 9.52 Å². The van der Waals surface area contributed by atoms with E-state index in [4.69, 9.17) is 4.42 Å². The molecule has 0 radical (unpaired) electrons. The first-order valence-corrected chi connectivity index (χ1v) is 6.95. The van der Waals surface area contributed by atoms with Crippen LogP contribution in [0, 0.1) is 6.92 Å². The van der Waals surface area contributed by atoms with Crippen LogP contribution in [0.5, 0.6) is 5.75 Å². The van der Waals surface area contributed by atoms with E-state index in [0.29, 0.717) is 5.58 Å². The molecule has 0 aliphatic heterocycles. The summed E-state index contributed by atoms with van der Waals surface area (Å²) in [5.41, 5.74) is 1.23. The van der Waals surface area contributed by atoms with Crippen LogP contribution < -0.4 is 5.63 Å². The Labute approximate surface area is 119 Å². The Hall–Kier alpha value is -2.20. The van der Waals surface area contributed by atoms with E-state index in [1.165, 1.54) is 23.9 Å². The van der Waals surface area contributed by atoms with E-state index < -0.39 is 0 Å². The molecule has 3 rings (SSSR count). The Morgan fingerprint density at radius 2 is 1.85 bits per heavy atom. The highest BCUT2D eigenvalue weighted by atomic mass is 32.2. The van der Waals surface area contributed by atoms with Crippen molar-refractivity contribution in [1.82, 2.24) is 0 Å². The van der Waals surface area contributed by atoms with Gasteiger partial charge in [0.05, 0.1) is 0 Å². The van der Waals surface area contributed by atoms with Crippen LogP contribution in [0.2, 0.25) is 0 Å². The number of aryl methyl sites for hydroxylation is 1. The lowest BCUT2D eigenvalue weighted by Crippen LogP contribution is -1.97. The lowest BCUT2D eigenvalue weighted by molar-refractivity contribution is 0.475. The Kier molecular flexibility index (Phi) is 3.24. The van der Waals surface area contributed by atoms with E-state index in [1.54, 1.807) is 12.1 Å². The van der Waals surface area contributed by atoms with Gasteiger partial charge in [-0.2, -0.15) is 0 Å². The van der Waals surface area contributed by atoms with Gasteiger partial charge in [0.15, 0.2) is 0 Å². The normalized spacial score (nSPS) is 10.8. The lowest BCUT2D eigenvalue weighted by atomic mass is 10.2. The van der Waals surface area contributed by atoms with Crippen LogP contribution in [0.1, 0.15) is 5.56 Å². The average Bonchev–Trinajstić information content (AvgIpc) is 2.42. The van der Waals surface area contributed by atoms with E-state index in [-0.39, 0.29) is 11.4 Å². The van der Waals surface area contributed by atoms with Crippen molar-refractivity contribution in [1.29, 1.82) is 0 Å². The zero-order chi connectivity index (χ0) is 14.1. The summed E-state index contributed by atoms with van der Waals surface area (Å²) in [6, 6.07) is 14.1. The smallest absolute Gasteiger partial charge is 0.337 e. The molecule has 0 unspecified atom stereocenters. The maximum absolute atomic E-state index is 11.6. The summed E-state index contributed by atoms with van der Waals surface area (Å²) in [6.45, 7) is 2.02. The van der Waals surface area contributed by atoms with Gasteiger partial charge in [-0.15, -0.1) is 0 Å². The molecule has 1 heterocycles. The van der Waals surface area contributed by atoms with Crippen LogP contribution in [-0.4, -0.2) is 5.11 Å². The molecule has 20 heavy (non-hydrogen) atoms. The quantitative estimate of drug-likeness (QED) is 0.724. The molecule has 1 N–H and O–H groups in total. The summed E-state index contributed by atoms with van der Waals surface area (Å²) in [6.07, 6.45) is 0. The third-order valence-corrected chi connectivity index (χ3v) is 4.24. The third kappa shape index (κ3) is 2.42. The molecule has 100 valence electrons. The maximum atomic E-state index is 11.6. The number of aromatic hydroxyl groups is 1. The van der Waals surface area contributed by atoms with Crippen molar-refractivity contribution in [2.45, 2.75) is 16.7 Å². The van der Waals surface area contributed by atoms with Crippen molar-refractivity contribution < 1.29 is 9.52 Å². The molecule has 0 spiro atoms. The van der Waals surface area contributed by atoms with Crippen LogP contribution in [0.4, 0.5) is 0 Å². The van der Waals surface area contributed by atoms with Crippen molar-refractivity contribution in [2.75, 3.05) is 0 Å². The molecule has 0 aliphatic rings. The molecule has 3 aromatic rings. The van der Waals surface area contributed by atoms with Gasteiger partial charge in [0.1, 0.15) is 11.3 Å². The Morgan fingerprint density at radius 3 is 2.65 bits per heavy atom.